The van der Waals surface area contributed by atoms with Crippen LogP contribution in [-0.4, -0.2) is 17.6 Å². The summed E-state index contributed by atoms with van der Waals surface area (Å²) in [6.45, 7) is 5.99. The molecule has 98 valence electrons. The first-order valence-electron chi connectivity index (χ1n) is 7.34. The first-order chi connectivity index (χ1) is 8.67. The topological polar surface area (TPSA) is 24.9 Å². The Morgan fingerprint density at radius 2 is 2.17 bits per heavy atom. The maximum atomic E-state index is 4.64. The molecule has 2 heteroatoms. The molecule has 2 nitrogen and oxygen atoms in total. The van der Waals surface area contributed by atoms with E-state index in [9.17, 15) is 0 Å². The van der Waals surface area contributed by atoms with E-state index in [1.807, 2.05) is 6.20 Å². The molecule has 0 spiro atoms. The molecule has 0 aliphatic heterocycles. The van der Waals surface area contributed by atoms with Crippen molar-refractivity contribution >= 4 is 0 Å². The van der Waals surface area contributed by atoms with E-state index >= 15 is 0 Å². The van der Waals surface area contributed by atoms with E-state index in [-0.39, 0.29) is 0 Å². The molecular weight excluding hydrogens is 220 g/mol. The van der Waals surface area contributed by atoms with Gasteiger partial charge in [0.2, 0.25) is 0 Å². The van der Waals surface area contributed by atoms with Crippen LogP contribution in [0, 0.1) is 5.41 Å². The van der Waals surface area contributed by atoms with E-state index in [0.29, 0.717) is 11.3 Å². The second-order valence-corrected chi connectivity index (χ2v) is 6.61. The number of nitrogens with zero attached hydrogens (tertiary/aromatic N) is 1. The molecule has 2 aliphatic carbocycles. The summed E-state index contributed by atoms with van der Waals surface area (Å²) in [7, 11) is 0. The second kappa shape index (κ2) is 4.65. The summed E-state index contributed by atoms with van der Waals surface area (Å²) in [5.74, 6) is 0.648. The van der Waals surface area contributed by atoms with Gasteiger partial charge in [-0.05, 0) is 55.7 Å². The molecule has 1 fully saturated rings. The van der Waals surface area contributed by atoms with Crippen molar-refractivity contribution in [1.82, 2.24) is 10.3 Å². The number of fused-ring (bicyclic) bond motifs is 1. The predicted octanol–water partition coefficient (Wildman–Crippen LogP) is 3.28. The molecule has 2 aliphatic rings. The van der Waals surface area contributed by atoms with Crippen LogP contribution in [0.2, 0.25) is 0 Å². The van der Waals surface area contributed by atoms with Gasteiger partial charge in [-0.1, -0.05) is 19.9 Å². The predicted molar refractivity (Wildman–Crippen MR) is 74.7 cm³/mol. The van der Waals surface area contributed by atoms with E-state index in [1.54, 1.807) is 0 Å². The van der Waals surface area contributed by atoms with Gasteiger partial charge in [0.1, 0.15) is 0 Å². The van der Waals surface area contributed by atoms with Crippen LogP contribution in [0.15, 0.2) is 18.3 Å². The SMILES string of the molecule is CC(C)(CCNC1CC1)C1CCc2cccnc21. The van der Waals surface area contributed by atoms with Gasteiger partial charge in [0.25, 0.3) is 0 Å². The van der Waals surface area contributed by atoms with Crippen molar-refractivity contribution in [3.63, 3.8) is 0 Å². The summed E-state index contributed by atoms with van der Waals surface area (Å²) < 4.78 is 0. The number of nitrogens with one attached hydrogen (secondary N) is 1. The lowest BCUT2D eigenvalue weighted by Gasteiger charge is -2.32. The Labute approximate surface area is 110 Å². The van der Waals surface area contributed by atoms with Crippen LogP contribution in [0.4, 0.5) is 0 Å². The van der Waals surface area contributed by atoms with Crippen LogP contribution in [0.25, 0.3) is 0 Å². The molecule has 1 unspecified atom stereocenters. The molecule has 1 atom stereocenters. The molecule has 1 aromatic heterocycles. The zero-order chi connectivity index (χ0) is 12.6. The lowest BCUT2D eigenvalue weighted by Crippen LogP contribution is -2.28. The third-order valence-electron chi connectivity index (χ3n) is 4.68. The summed E-state index contributed by atoms with van der Waals surface area (Å²) >= 11 is 0. The third-order valence-corrected chi connectivity index (χ3v) is 4.68. The number of aryl methyl sites for hydroxylation is 1. The van der Waals surface area contributed by atoms with E-state index in [2.05, 4.69) is 36.3 Å². The molecular formula is C16H24N2. The highest BCUT2D eigenvalue weighted by atomic mass is 14.9. The van der Waals surface area contributed by atoms with Crippen LogP contribution in [0.5, 0.6) is 0 Å². The summed E-state index contributed by atoms with van der Waals surface area (Å²) in [5.41, 5.74) is 3.21. The van der Waals surface area contributed by atoms with Crippen molar-refractivity contribution in [1.29, 1.82) is 0 Å². The Balaban J connectivity index is 1.65. The fourth-order valence-corrected chi connectivity index (χ4v) is 3.23. The quantitative estimate of drug-likeness (QED) is 0.860. The van der Waals surface area contributed by atoms with Gasteiger partial charge < -0.3 is 5.32 Å². The van der Waals surface area contributed by atoms with Crippen molar-refractivity contribution in [3.8, 4) is 0 Å². The second-order valence-electron chi connectivity index (χ2n) is 6.61. The number of hydrogen-bond donors (Lipinski definition) is 1. The van der Waals surface area contributed by atoms with Gasteiger partial charge in [0, 0.05) is 23.9 Å². The molecule has 3 rings (SSSR count). The molecule has 1 aromatic rings. The third kappa shape index (κ3) is 2.44. The van der Waals surface area contributed by atoms with Gasteiger partial charge in [0.05, 0.1) is 0 Å². The fraction of sp³-hybridized carbons (Fsp3) is 0.688. The molecule has 0 amide bonds. The molecule has 18 heavy (non-hydrogen) atoms. The minimum absolute atomic E-state index is 0.363. The molecule has 0 bridgehead atoms. The normalized spacial score (nSPS) is 23.1. The molecule has 0 saturated heterocycles. The van der Waals surface area contributed by atoms with Gasteiger partial charge >= 0.3 is 0 Å². The van der Waals surface area contributed by atoms with Crippen molar-refractivity contribution in [3.05, 3.63) is 29.6 Å². The first-order valence-corrected chi connectivity index (χ1v) is 7.34. The Hall–Kier alpha value is -0.890. The zero-order valence-electron chi connectivity index (χ0n) is 11.6. The summed E-state index contributed by atoms with van der Waals surface area (Å²) in [5, 5.41) is 3.64. The largest absolute Gasteiger partial charge is 0.314 e. The molecule has 1 heterocycles. The van der Waals surface area contributed by atoms with E-state index in [0.717, 1.165) is 12.6 Å². The van der Waals surface area contributed by atoms with E-state index < -0.39 is 0 Å². The number of rotatable bonds is 5. The standard InChI is InChI=1S/C16H24N2/c1-16(2,9-11-17-13-6-7-13)14-8-5-12-4-3-10-18-15(12)14/h3-4,10,13-14,17H,5-9,11H2,1-2H3. The summed E-state index contributed by atoms with van der Waals surface area (Å²) in [6.07, 6.45) is 8.47. The maximum Gasteiger partial charge on any atom is 0.0471 e. The first kappa shape index (κ1) is 12.2. The van der Waals surface area contributed by atoms with Gasteiger partial charge in [-0.25, -0.2) is 0 Å². The molecule has 0 aromatic carbocycles. The smallest absolute Gasteiger partial charge is 0.0471 e. The number of pyridine rings is 1. The Morgan fingerprint density at radius 3 is 2.94 bits per heavy atom. The Kier molecular flexibility index (Phi) is 3.14. The summed E-state index contributed by atoms with van der Waals surface area (Å²) in [4.78, 5) is 4.64. The van der Waals surface area contributed by atoms with Crippen molar-refractivity contribution < 1.29 is 0 Å². The Morgan fingerprint density at radius 1 is 1.33 bits per heavy atom. The fourth-order valence-electron chi connectivity index (χ4n) is 3.23. The van der Waals surface area contributed by atoms with Crippen LogP contribution in [0.1, 0.15) is 56.7 Å². The molecule has 1 N–H and O–H groups in total. The van der Waals surface area contributed by atoms with Crippen LogP contribution in [-0.2, 0) is 6.42 Å². The molecule has 1 saturated carbocycles. The monoisotopic (exact) mass is 244 g/mol. The average Bonchev–Trinajstić information content (AvgIpc) is 3.06. The maximum absolute atomic E-state index is 4.64. The lowest BCUT2D eigenvalue weighted by atomic mass is 9.74. The number of aromatic nitrogens is 1. The van der Waals surface area contributed by atoms with Crippen molar-refractivity contribution in [2.24, 2.45) is 5.41 Å². The van der Waals surface area contributed by atoms with Crippen molar-refractivity contribution in [2.45, 2.75) is 57.9 Å². The van der Waals surface area contributed by atoms with E-state index in [4.69, 9.17) is 0 Å². The lowest BCUT2D eigenvalue weighted by molar-refractivity contribution is 0.253. The number of hydrogen-bond acceptors (Lipinski definition) is 2. The van der Waals surface area contributed by atoms with Crippen LogP contribution >= 0.6 is 0 Å². The highest BCUT2D eigenvalue weighted by Crippen LogP contribution is 2.45. The minimum Gasteiger partial charge on any atom is -0.314 e. The van der Waals surface area contributed by atoms with Gasteiger partial charge in [-0.15, -0.1) is 0 Å². The van der Waals surface area contributed by atoms with Gasteiger partial charge in [0.15, 0.2) is 0 Å². The Bertz CT molecular complexity index is 421. The van der Waals surface area contributed by atoms with Gasteiger partial charge in [-0.2, -0.15) is 0 Å². The van der Waals surface area contributed by atoms with Crippen LogP contribution in [0.3, 0.4) is 0 Å². The molecule has 0 radical (unpaired) electrons. The van der Waals surface area contributed by atoms with E-state index in [1.165, 1.54) is 43.4 Å². The van der Waals surface area contributed by atoms with Gasteiger partial charge in [-0.3, -0.25) is 4.98 Å². The minimum atomic E-state index is 0.363. The summed E-state index contributed by atoms with van der Waals surface area (Å²) in [6, 6.07) is 5.15. The highest BCUT2D eigenvalue weighted by molar-refractivity contribution is 5.30. The average molecular weight is 244 g/mol. The highest BCUT2D eigenvalue weighted by Gasteiger charge is 2.36. The zero-order valence-corrected chi connectivity index (χ0v) is 11.6. The van der Waals surface area contributed by atoms with Crippen LogP contribution < -0.4 is 5.32 Å². The van der Waals surface area contributed by atoms with Crippen molar-refractivity contribution in [2.75, 3.05) is 6.54 Å².